The van der Waals surface area contributed by atoms with Crippen LogP contribution in [0.3, 0.4) is 0 Å². The predicted octanol–water partition coefficient (Wildman–Crippen LogP) is 1.98. The first-order chi connectivity index (χ1) is 8.06. The summed E-state index contributed by atoms with van der Waals surface area (Å²) in [5.41, 5.74) is 5.66. The summed E-state index contributed by atoms with van der Waals surface area (Å²) in [6, 6.07) is 4.14. The molecular formula is C13H22N2OS. The highest BCUT2D eigenvalue weighted by molar-refractivity contribution is 7.09. The van der Waals surface area contributed by atoms with Crippen LogP contribution >= 0.6 is 11.3 Å². The van der Waals surface area contributed by atoms with Crippen molar-refractivity contribution < 1.29 is 4.79 Å². The Hall–Kier alpha value is -0.870. The Labute approximate surface area is 108 Å². The molecule has 0 aliphatic carbocycles. The molecule has 1 amide bonds. The number of hydrogen-bond acceptors (Lipinski definition) is 3. The lowest BCUT2D eigenvalue weighted by Gasteiger charge is -2.25. The Morgan fingerprint density at radius 2 is 2.24 bits per heavy atom. The first-order valence-electron chi connectivity index (χ1n) is 6.03. The third-order valence-electron chi connectivity index (χ3n) is 3.03. The lowest BCUT2D eigenvalue weighted by atomic mass is 9.94. The number of amides is 1. The van der Waals surface area contributed by atoms with Crippen LogP contribution in [0, 0.1) is 11.8 Å². The summed E-state index contributed by atoms with van der Waals surface area (Å²) in [7, 11) is 1.86. The molecule has 0 saturated carbocycles. The zero-order chi connectivity index (χ0) is 12.8. The van der Waals surface area contributed by atoms with Gasteiger partial charge in [-0.25, -0.2) is 0 Å². The molecule has 1 atom stereocenters. The molecule has 0 aliphatic heterocycles. The van der Waals surface area contributed by atoms with E-state index >= 15 is 0 Å². The molecule has 0 saturated heterocycles. The van der Waals surface area contributed by atoms with Crippen molar-refractivity contribution in [3.63, 3.8) is 0 Å². The van der Waals surface area contributed by atoms with E-state index in [0.717, 1.165) is 13.0 Å². The molecule has 0 fully saturated rings. The molecule has 0 bridgehead atoms. The maximum Gasteiger partial charge on any atom is 0.226 e. The van der Waals surface area contributed by atoms with Crippen LogP contribution in [0.1, 0.15) is 18.7 Å². The highest BCUT2D eigenvalue weighted by Crippen LogP contribution is 2.14. The van der Waals surface area contributed by atoms with Crippen molar-refractivity contribution in [2.45, 2.75) is 20.3 Å². The van der Waals surface area contributed by atoms with E-state index in [1.54, 1.807) is 16.2 Å². The molecule has 96 valence electrons. The summed E-state index contributed by atoms with van der Waals surface area (Å²) in [6.45, 7) is 5.29. The van der Waals surface area contributed by atoms with Crippen molar-refractivity contribution in [1.82, 2.24) is 4.90 Å². The first-order valence-corrected chi connectivity index (χ1v) is 6.91. The minimum atomic E-state index is -0.0525. The molecule has 2 N–H and O–H groups in total. The number of thiophene rings is 1. The third kappa shape index (κ3) is 4.13. The molecule has 17 heavy (non-hydrogen) atoms. The summed E-state index contributed by atoms with van der Waals surface area (Å²) < 4.78 is 0. The molecule has 3 nitrogen and oxygen atoms in total. The van der Waals surface area contributed by atoms with Crippen LogP contribution in [-0.4, -0.2) is 30.9 Å². The molecule has 1 unspecified atom stereocenters. The van der Waals surface area contributed by atoms with Gasteiger partial charge in [-0.3, -0.25) is 4.79 Å². The Morgan fingerprint density at radius 1 is 1.53 bits per heavy atom. The average molecular weight is 254 g/mol. The van der Waals surface area contributed by atoms with Crippen LogP contribution in [0.15, 0.2) is 17.5 Å². The fourth-order valence-electron chi connectivity index (χ4n) is 1.78. The monoisotopic (exact) mass is 254 g/mol. The van der Waals surface area contributed by atoms with Gasteiger partial charge in [-0.1, -0.05) is 19.9 Å². The van der Waals surface area contributed by atoms with Crippen molar-refractivity contribution in [3.8, 4) is 0 Å². The highest BCUT2D eigenvalue weighted by Gasteiger charge is 2.23. The van der Waals surface area contributed by atoms with Gasteiger partial charge in [0.15, 0.2) is 0 Å². The molecule has 0 aromatic carbocycles. The predicted molar refractivity (Wildman–Crippen MR) is 73.0 cm³/mol. The molecule has 4 heteroatoms. The van der Waals surface area contributed by atoms with Crippen LogP contribution in [0.25, 0.3) is 0 Å². The molecule has 1 rings (SSSR count). The van der Waals surface area contributed by atoms with Gasteiger partial charge >= 0.3 is 0 Å². The fraction of sp³-hybridized carbons (Fsp3) is 0.615. The van der Waals surface area contributed by atoms with Crippen molar-refractivity contribution in [3.05, 3.63) is 22.4 Å². The van der Waals surface area contributed by atoms with Gasteiger partial charge in [-0.05, 0) is 23.8 Å². The normalized spacial score (nSPS) is 12.8. The van der Waals surface area contributed by atoms with E-state index in [-0.39, 0.29) is 11.8 Å². The van der Waals surface area contributed by atoms with Crippen LogP contribution in [0.4, 0.5) is 0 Å². The number of nitrogens with zero attached hydrogens (tertiary/aromatic N) is 1. The Morgan fingerprint density at radius 3 is 2.71 bits per heavy atom. The van der Waals surface area contributed by atoms with Crippen molar-refractivity contribution in [2.75, 3.05) is 20.1 Å². The zero-order valence-electron chi connectivity index (χ0n) is 10.8. The first kappa shape index (κ1) is 14.2. The maximum atomic E-state index is 12.1. The highest BCUT2D eigenvalue weighted by atomic mass is 32.1. The van der Waals surface area contributed by atoms with Crippen molar-refractivity contribution in [2.24, 2.45) is 17.6 Å². The molecule has 0 aliphatic rings. The number of rotatable bonds is 6. The zero-order valence-corrected chi connectivity index (χ0v) is 11.7. The number of carbonyl (C=O) groups is 1. The summed E-state index contributed by atoms with van der Waals surface area (Å²) in [6.07, 6.45) is 0.926. The van der Waals surface area contributed by atoms with E-state index in [0.29, 0.717) is 12.5 Å². The molecule has 1 aromatic heterocycles. The lowest BCUT2D eigenvalue weighted by Crippen LogP contribution is -2.40. The van der Waals surface area contributed by atoms with Gasteiger partial charge in [0.05, 0.1) is 5.92 Å². The number of likely N-dealkylation sites (N-methyl/N-ethyl adjacent to an activating group) is 1. The summed E-state index contributed by atoms with van der Waals surface area (Å²) >= 11 is 1.73. The topological polar surface area (TPSA) is 46.3 Å². The second-order valence-electron chi connectivity index (χ2n) is 4.68. The van der Waals surface area contributed by atoms with E-state index < -0.39 is 0 Å². The number of hydrogen-bond donors (Lipinski definition) is 1. The minimum absolute atomic E-state index is 0.0525. The number of nitrogens with two attached hydrogens (primary N) is 1. The fourth-order valence-corrected chi connectivity index (χ4v) is 2.48. The van der Waals surface area contributed by atoms with Gasteiger partial charge in [0.2, 0.25) is 5.91 Å². The van der Waals surface area contributed by atoms with Crippen molar-refractivity contribution in [1.29, 1.82) is 0 Å². The van der Waals surface area contributed by atoms with Crippen molar-refractivity contribution >= 4 is 17.2 Å². The second-order valence-corrected chi connectivity index (χ2v) is 5.71. The van der Waals surface area contributed by atoms with Crippen LogP contribution in [0.2, 0.25) is 0 Å². The largest absolute Gasteiger partial charge is 0.345 e. The van der Waals surface area contributed by atoms with Crippen LogP contribution in [0.5, 0.6) is 0 Å². The average Bonchev–Trinajstić information content (AvgIpc) is 2.78. The van der Waals surface area contributed by atoms with Gasteiger partial charge in [0, 0.05) is 25.0 Å². The van der Waals surface area contributed by atoms with Gasteiger partial charge in [-0.2, -0.15) is 0 Å². The minimum Gasteiger partial charge on any atom is -0.345 e. The van der Waals surface area contributed by atoms with E-state index in [2.05, 4.69) is 11.4 Å². The standard InChI is InChI=1S/C13H22N2OS/c1-10(2)12(9-14)13(16)15(3)7-6-11-5-4-8-17-11/h4-5,8,10,12H,6-7,9,14H2,1-3H3. The van der Waals surface area contributed by atoms with E-state index in [9.17, 15) is 4.79 Å². The van der Waals surface area contributed by atoms with Gasteiger partial charge < -0.3 is 10.6 Å². The molecule has 1 aromatic rings. The van der Waals surface area contributed by atoms with E-state index in [4.69, 9.17) is 5.73 Å². The summed E-state index contributed by atoms with van der Waals surface area (Å²) in [5, 5.41) is 2.06. The van der Waals surface area contributed by atoms with Crippen LogP contribution < -0.4 is 5.73 Å². The van der Waals surface area contributed by atoms with E-state index in [1.807, 2.05) is 27.0 Å². The maximum absolute atomic E-state index is 12.1. The van der Waals surface area contributed by atoms with Gasteiger partial charge in [0.25, 0.3) is 0 Å². The molecular weight excluding hydrogens is 232 g/mol. The molecule has 1 heterocycles. The molecule has 0 radical (unpaired) electrons. The van der Waals surface area contributed by atoms with Crippen LogP contribution in [-0.2, 0) is 11.2 Å². The second kappa shape index (κ2) is 6.77. The SMILES string of the molecule is CC(C)C(CN)C(=O)N(C)CCc1cccs1. The summed E-state index contributed by atoms with van der Waals surface area (Å²) in [5.74, 6) is 0.416. The molecule has 0 spiro atoms. The Kier molecular flexibility index (Phi) is 5.65. The number of carbonyl (C=O) groups excluding carboxylic acids is 1. The van der Waals surface area contributed by atoms with Gasteiger partial charge in [0.1, 0.15) is 0 Å². The third-order valence-corrected chi connectivity index (χ3v) is 3.96. The Balaban J connectivity index is 2.46. The Bertz CT molecular complexity index is 335. The quantitative estimate of drug-likeness (QED) is 0.844. The lowest BCUT2D eigenvalue weighted by molar-refractivity contribution is -0.135. The van der Waals surface area contributed by atoms with Gasteiger partial charge in [-0.15, -0.1) is 11.3 Å². The summed E-state index contributed by atoms with van der Waals surface area (Å²) in [4.78, 5) is 15.2. The smallest absolute Gasteiger partial charge is 0.226 e. The van der Waals surface area contributed by atoms with E-state index in [1.165, 1.54) is 4.88 Å².